The van der Waals surface area contributed by atoms with Crippen LogP contribution in [0.25, 0.3) is 0 Å². The summed E-state index contributed by atoms with van der Waals surface area (Å²) < 4.78 is 17.4. The highest BCUT2D eigenvalue weighted by Crippen LogP contribution is 2.45. The molecule has 0 bridgehead atoms. The van der Waals surface area contributed by atoms with Gasteiger partial charge in [0.05, 0.1) is 13.2 Å². The smallest absolute Gasteiger partial charge is 0.268 e. The maximum atomic E-state index is 12.7. The number of hydrogen-bond donors (Lipinski definition) is 3. The number of ether oxygens (including phenoxy) is 3. The summed E-state index contributed by atoms with van der Waals surface area (Å²) in [6.45, 7) is 8.25. The summed E-state index contributed by atoms with van der Waals surface area (Å²) in [5, 5.41) is 17.6. The van der Waals surface area contributed by atoms with Crippen LogP contribution in [0.5, 0.6) is 17.2 Å². The van der Waals surface area contributed by atoms with E-state index in [1.54, 1.807) is 33.1 Å². The molecule has 0 fully saturated rings. The number of halogens is 1. The molecule has 8 heteroatoms. The van der Waals surface area contributed by atoms with E-state index in [0.717, 1.165) is 23.3 Å². The third kappa shape index (κ3) is 6.98. The van der Waals surface area contributed by atoms with Gasteiger partial charge in [-0.25, -0.2) is 0 Å². The van der Waals surface area contributed by atoms with E-state index >= 15 is 0 Å². The number of rotatable bonds is 10. The first-order valence-corrected chi connectivity index (χ1v) is 12.5. The summed E-state index contributed by atoms with van der Waals surface area (Å²) >= 11 is 0. The summed E-state index contributed by atoms with van der Waals surface area (Å²) in [6, 6.07) is 21.3. The van der Waals surface area contributed by atoms with Gasteiger partial charge in [0.2, 0.25) is 0 Å². The second-order valence-corrected chi connectivity index (χ2v) is 10.5. The molecule has 0 radical (unpaired) electrons. The molecule has 0 saturated carbocycles. The fourth-order valence-corrected chi connectivity index (χ4v) is 4.29. The SMILES string of the molecule is COc1ccc(CC(C)(C)NCC(O)c2ccc(OCc3ccccc3)c3c2OC(C)(C)C(=O)N3)cc1.Cl. The number of amides is 1. The van der Waals surface area contributed by atoms with Gasteiger partial charge in [-0.15, -0.1) is 12.4 Å². The number of carbonyl (C=O) groups excluding carboxylic acids is 1. The molecule has 3 N–H and O–H groups in total. The third-order valence-corrected chi connectivity index (χ3v) is 6.47. The fraction of sp³-hybridized carbons (Fsp3) is 0.367. The summed E-state index contributed by atoms with van der Waals surface area (Å²) in [5.41, 5.74) is 1.84. The molecular weight excluding hydrogens is 504 g/mol. The van der Waals surface area contributed by atoms with E-state index in [9.17, 15) is 9.90 Å². The monoisotopic (exact) mass is 540 g/mol. The Balaban J connectivity index is 0.00000400. The van der Waals surface area contributed by atoms with Crippen molar-refractivity contribution in [1.29, 1.82) is 0 Å². The van der Waals surface area contributed by atoms with E-state index in [2.05, 4.69) is 24.5 Å². The summed E-state index contributed by atoms with van der Waals surface area (Å²) in [6.07, 6.45) is -0.0916. The first-order chi connectivity index (χ1) is 17.6. The van der Waals surface area contributed by atoms with Gasteiger partial charge in [-0.3, -0.25) is 4.79 Å². The van der Waals surface area contributed by atoms with Crippen LogP contribution >= 0.6 is 12.4 Å². The molecule has 0 aromatic heterocycles. The molecule has 3 aromatic rings. The number of methoxy groups -OCH3 is 1. The van der Waals surface area contributed by atoms with Gasteiger partial charge in [0.1, 0.15) is 23.8 Å². The van der Waals surface area contributed by atoms with Crippen LogP contribution in [-0.4, -0.2) is 35.8 Å². The number of carbonyl (C=O) groups is 1. The molecule has 0 aliphatic carbocycles. The molecule has 0 saturated heterocycles. The van der Waals surface area contributed by atoms with E-state index in [1.807, 2.05) is 54.6 Å². The van der Waals surface area contributed by atoms with Gasteiger partial charge in [0.25, 0.3) is 5.91 Å². The van der Waals surface area contributed by atoms with Crippen LogP contribution in [0.4, 0.5) is 5.69 Å². The van der Waals surface area contributed by atoms with Crippen LogP contribution in [0.2, 0.25) is 0 Å². The summed E-state index contributed by atoms with van der Waals surface area (Å²) in [5.74, 6) is 1.47. The van der Waals surface area contributed by atoms with E-state index < -0.39 is 11.7 Å². The molecule has 4 rings (SSSR count). The number of anilines is 1. The van der Waals surface area contributed by atoms with Crippen molar-refractivity contribution in [3.05, 3.63) is 83.4 Å². The maximum absolute atomic E-state index is 12.7. The first-order valence-electron chi connectivity index (χ1n) is 12.5. The van der Waals surface area contributed by atoms with Gasteiger partial charge >= 0.3 is 0 Å². The number of aliphatic hydroxyl groups excluding tert-OH is 1. The fourth-order valence-electron chi connectivity index (χ4n) is 4.29. The number of hydrogen-bond acceptors (Lipinski definition) is 6. The van der Waals surface area contributed by atoms with Gasteiger partial charge in [-0.2, -0.15) is 0 Å². The summed E-state index contributed by atoms with van der Waals surface area (Å²) in [7, 11) is 1.65. The Morgan fingerprint density at radius 3 is 2.37 bits per heavy atom. The highest BCUT2D eigenvalue weighted by Gasteiger charge is 2.39. The highest BCUT2D eigenvalue weighted by molar-refractivity contribution is 6.02. The standard InChI is InChI=1S/C30H36N2O5.ClH/c1-29(2,17-20-11-13-22(35-5)14-12-20)31-18-24(33)23-15-16-25(36-19-21-9-7-6-8-10-21)26-27(23)37-30(3,4)28(34)32-26;/h6-16,24,31,33H,17-19H2,1-5H3,(H,32,34);1H. The van der Waals surface area contributed by atoms with Gasteiger partial charge < -0.3 is 30.0 Å². The molecule has 1 amide bonds. The molecule has 1 aliphatic heterocycles. The average Bonchev–Trinajstić information content (AvgIpc) is 2.87. The Hall–Kier alpha value is -3.26. The van der Waals surface area contributed by atoms with E-state index in [4.69, 9.17) is 14.2 Å². The predicted octanol–water partition coefficient (Wildman–Crippen LogP) is 5.45. The minimum Gasteiger partial charge on any atom is -0.497 e. The molecule has 204 valence electrons. The van der Waals surface area contributed by atoms with Crippen LogP contribution in [-0.2, 0) is 17.8 Å². The van der Waals surface area contributed by atoms with Gasteiger partial charge in [0, 0.05) is 17.6 Å². The van der Waals surface area contributed by atoms with E-state index in [1.165, 1.54) is 0 Å². The first kappa shape index (κ1) is 29.3. The molecule has 38 heavy (non-hydrogen) atoms. The normalized spacial score (nSPS) is 14.8. The van der Waals surface area contributed by atoms with Crippen molar-refractivity contribution in [1.82, 2.24) is 5.32 Å². The van der Waals surface area contributed by atoms with Crippen LogP contribution in [0.15, 0.2) is 66.7 Å². The second-order valence-electron chi connectivity index (χ2n) is 10.5. The quantitative estimate of drug-likeness (QED) is 0.317. The van der Waals surface area contributed by atoms with E-state index in [-0.39, 0.29) is 23.9 Å². The van der Waals surface area contributed by atoms with Crippen molar-refractivity contribution in [2.75, 3.05) is 19.0 Å². The lowest BCUT2D eigenvalue weighted by Gasteiger charge is -2.35. The minimum atomic E-state index is -1.08. The topological polar surface area (TPSA) is 89.1 Å². The van der Waals surface area contributed by atoms with E-state index in [0.29, 0.717) is 35.9 Å². The molecule has 1 atom stereocenters. The number of fused-ring (bicyclic) bond motifs is 1. The largest absolute Gasteiger partial charge is 0.497 e. The number of β-amino-alcohol motifs (C(OH)–C–C–N with tert-alkyl or cyclic N) is 1. The molecule has 1 aliphatic rings. The van der Waals surface area contributed by atoms with Crippen LogP contribution in [0.3, 0.4) is 0 Å². The molecular formula is C30H37ClN2O5. The molecule has 3 aromatic carbocycles. The van der Waals surface area contributed by atoms with Crippen molar-refractivity contribution in [2.45, 2.75) is 58.0 Å². The van der Waals surface area contributed by atoms with Crippen molar-refractivity contribution < 1.29 is 24.1 Å². The lowest BCUT2D eigenvalue weighted by molar-refractivity contribution is -0.129. The van der Waals surface area contributed by atoms with Crippen LogP contribution in [0.1, 0.15) is 50.5 Å². The average molecular weight is 541 g/mol. The molecule has 1 heterocycles. The van der Waals surface area contributed by atoms with Crippen molar-refractivity contribution in [3.63, 3.8) is 0 Å². The lowest BCUT2D eigenvalue weighted by atomic mass is 9.94. The third-order valence-electron chi connectivity index (χ3n) is 6.47. The zero-order chi connectivity index (χ0) is 26.6. The maximum Gasteiger partial charge on any atom is 0.268 e. The molecule has 0 spiro atoms. The molecule has 1 unspecified atom stereocenters. The van der Waals surface area contributed by atoms with Crippen molar-refractivity contribution in [2.24, 2.45) is 0 Å². The van der Waals surface area contributed by atoms with Crippen LogP contribution < -0.4 is 24.8 Å². The minimum absolute atomic E-state index is 0. The Bertz CT molecular complexity index is 1230. The van der Waals surface area contributed by atoms with Crippen molar-refractivity contribution in [3.8, 4) is 17.2 Å². The predicted molar refractivity (Wildman–Crippen MR) is 152 cm³/mol. The Labute approximate surface area is 230 Å². The zero-order valence-corrected chi connectivity index (χ0v) is 23.4. The second kappa shape index (κ2) is 12.1. The summed E-state index contributed by atoms with van der Waals surface area (Å²) in [4.78, 5) is 12.7. The number of benzene rings is 3. The Morgan fingerprint density at radius 2 is 1.71 bits per heavy atom. The number of aliphatic hydroxyl groups is 1. The lowest BCUT2D eigenvalue weighted by Crippen LogP contribution is -2.46. The van der Waals surface area contributed by atoms with Crippen LogP contribution in [0, 0.1) is 0 Å². The number of nitrogens with one attached hydrogen (secondary N) is 2. The van der Waals surface area contributed by atoms with Gasteiger partial charge in [0.15, 0.2) is 11.4 Å². The highest BCUT2D eigenvalue weighted by atomic mass is 35.5. The van der Waals surface area contributed by atoms with Gasteiger partial charge in [-0.05, 0) is 69.5 Å². The zero-order valence-electron chi connectivity index (χ0n) is 22.5. The van der Waals surface area contributed by atoms with Crippen molar-refractivity contribution >= 4 is 24.0 Å². The molecule has 7 nitrogen and oxygen atoms in total. The van der Waals surface area contributed by atoms with Gasteiger partial charge in [-0.1, -0.05) is 42.5 Å². The Kier molecular flexibility index (Phi) is 9.31. The Morgan fingerprint density at radius 1 is 1.03 bits per heavy atom.